The Morgan fingerprint density at radius 1 is 1.43 bits per heavy atom. The Hall–Kier alpha value is -1.95. The minimum atomic E-state index is -3.40. The van der Waals surface area contributed by atoms with E-state index in [0.29, 0.717) is 28.7 Å². The minimum Gasteiger partial charge on any atom is -0.471 e. The predicted octanol–water partition coefficient (Wildman–Crippen LogP) is 1.47. The van der Waals surface area contributed by atoms with Crippen molar-refractivity contribution in [3.05, 3.63) is 41.4 Å². The van der Waals surface area contributed by atoms with Gasteiger partial charge in [0, 0.05) is 12.3 Å². The average molecular weight is 321 g/mol. The van der Waals surface area contributed by atoms with Crippen LogP contribution in [0, 0.1) is 11.3 Å². The van der Waals surface area contributed by atoms with Crippen molar-refractivity contribution in [3.8, 4) is 11.9 Å². The first-order valence-corrected chi connectivity index (χ1v) is 8.48. The van der Waals surface area contributed by atoms with Crippen LogP contribution >= 0.6 is 11.3 Å². The van der Waals surface area contributed by atoms with Gasteiger partial charge in [-0.25, -0.2) is 13.4 Å². The molecule has 2 aromatic heterocycles. The molecule has 21 heavy (non-hydrogen) atoms. The smallest absolute Gasteiger partial charge is 0.252 e. The maximum absolute atomic E-state index is 12.2. The van der Waals surface area contributed by atoms with Gasteiger partial charge in [0.2, 0.25) is 5.88 Å². The predicted molar refractivity (Wildman–Crippen MR) is 76.4 cm³/mol. The topological polar surface area (TPSA) is 83.3 Å². The maximum Gasteiger partial charge on any atom is 0.252 e. The highest BCUT2D eigenvalue weighted by Gasteiger charge is 2.38. The molecule has 108 valence electrons. The molecular formula is C13H11N3O3S2. The zero-order chi connectivity index (χ0) is 14.9. The van der Waals surface area contributed by atoms with E-state index in [1.54, 1.807) is 23.6 Å². The van der Waals surface area contributed by atoms with Crippen LogP contribution in [-0.2, 0) is 10.0 Å². The number of sulfonamides is 1. The summed E-state index contributed by atoms with van der Waals surface area (Å²) in [7, 11) is -3.40. The van der Waals surface area contributed by atoms with E-state index in [2.05, 4.69) is 4.98 Å². The Morgan fingerprint density at radius 2 is 2.24 bits per heavy atom. The first kappa shape index (κ1) is 14.0. The highest BCUT2D eigenvalue weighted by Crippen LogP contribution is 2.26. The van der Waals surface area contributed by atoms with Crippen LogP contribution in [0.5, 0.6) is 5.88 Å². The van der Waals surface area contributed by atoms with Crippen molar-refractivity contribution in [1.82, 2.24) is 9.29 Å². The highest BCUT2D eigenvalue weighted by molar-refractivity contribution is 7.91. The summed E-state index contributed by atoms with van der Waals surface area (Å²) in [6.07, 6.45) is 1.26. The van der Waals surface area contributed by atoms with Crippen LogP contribution in [0.25, 0.3) is 0 Å². The standard InChI is InChI=1S/C13H11N3O3S2/c14-7-10-3-4-15-12(6-10)19-11-8-16(9-11)21(17,18)13-2-1-5-20-13/h1-6,11H,8-9H2. The van der Waals surface area contributed by atoms with Gasteiger partial charge in [-0.15, -0.1) is 11.3 Å². The fourth-order valence-corrected chi connectivity index (χ4v) is 4.57. The third-order valence-electron chi connectivity index (χ3n) is 3.06. The van der Waals surface area contributed by atoms with Gasteiger partial charge in [-0.1, -0.05) is 6.07 Å². The summed E-state index contributed by atoms with van der Waals surface area (Å²) in [5, 5.41) is 10.5. The molecule has 0 amide bonds. The second kappa shape index (κ2) is 5.44. The van der Waals surface area contributed by atoms with Crippen LogP contribution in [0.4, 0.5) is 0 Å². The van der Waals surface area contributed by atoms with Gasteiger partial charge >= 0.3 is 0 Å². The molecule has 2 aromatic rings. The maximum atomic E-state index is 12.2. The number of hydrogen-bond donors (Lipinski definition) is 0. The van der Waals surface area contributed by atoms with E-state index in [9.17, 15) is 8.42 Å². The van der Waals surface area contributed by atoms with Gasteiger partial charge in [-0.2, -0.15) is 9.57 Å². The zero-order valence-electron chi connectivity index (χ0n) is 10.8. The van der Waals surface area contributed by atoms with Gasteiger partial charge in [-0.05, 0) is 17.5 Å². The first-order chi connectivity index (χ1) is 10.1. The summed E-state index contributed by atoms with van der Waals surface area (Å²) in [6.45, 7) is 0.581. The number of rotatable bonds is 4. The van der Waals surface area contributed by atoms with Crippen molar-refractivity contribution in [2.24, 2.45) is 0 Å². The van der Waals surface area contributed by atoms with E-state index in [1.165, 1.54) is 27.9 Å². The van der Waals surface area contributed by atoms with Gasteiger partial charge in [0.05, 0.1) is 24.7 Å². The molecule has 1 aliphatic rings. The molecule has 0 aromatic carbocycles. The molecule has 0 radical (unpaired) electrons. The lowest BCUT2D eigenvalue weighted by Gasteiger charge is -2.37. The third-order valence-corrected chi connectivity index (χ3v) is 6.26. The van der Waals surface area contributed by atoms with Crippen LogP contribution in [0.1, 0.15) is 5.56 Å². The molecule has 0 N–H and O–H groups in total. The first-order valence-electron chi connectivity index (χ1n) is 6.16. The Bertz CT molecular complexity index is 775. The van der Waals surface area contributed by atoms with E-state index in [0.717, 1.165) is 0 Å². The summed E-state index contributed by atoms with van der Waals surface area (Å²) in [6, 6.07) is 8.43. The zero-order valence-corrected chi connectivity index (χ0v) is 12.5. The average Bonchev–Trinajstić information content (AvgIpc) is 2.97. The molecule has 0 unspecified atom stereocenters. The van der Waals surface area contributed by atoms with Crippen LogP contribution in [0.15, 0.2) is 40.1 Å². The lowest BCUT2D eigenvalue weighted by Crippen LogP contribution is -2.55. The molecular weight excluding hydrogens is 310 g/mol. The SMILES string of the molecule is N#Cc1ccnc(OC2CN(S(=O)(=O)c3cccs3)C2)c1. The molecule has 1 saturated heterocycles. The number of pyridine rings is 1. The summed E-state index contributed by atoms with van der Waals surface area (Å²) in [4.78, 5) is 4.01. The molecule has 0 aliphatic carbocycles. The van der Waals surface area contributed by atoms with Crippen molar-refractivity contribution in [2.45, 2.75) is 10.3 Å². The molecule has 0 bridgehead atoms. The molecule has 1 fully saturated rings. The lowest BCUT2D eigenvalue weighted by atomic mass is 10.2. The summed E-state index contributed by atoms with van der Waals surface area (Å²) in [5.41, 5.74) is 0.461. The second-order valence-electron chi connectivity index (χ2n) is 4.49. The van der Waals surface area contributed by atoms with Crippen LogP contribution in [-0.4, -0.2) is 36.9 Å². The quantitative estimate of drug-likeness (QED) is 0.851. The number of ether oxygens (including phenoxy) is 1. The van der Waals surface area contributed by atoms with Crippen molar-refractivity contribution in [3.63, 3.8) is 0 Å². The summed E-state index contributed by atoms with van der Waals surface area (Å²) >= 11 is 1.20. The molecule has 1 aliphatic heterocycles. The second-order valence-corrected chi connectivity index (χ2v) is 7.60. The van der Waals surface area contributed by atoms with E-state index in [-0.39, 0.29) is 6.10 Å². The Morgan fingerprint density at radius 3 is 2.90 bits per heavy atom. The molecule has 3 rings (SSSR count). The largest absolute Gasteiger partial charge is 0.471 e. The molecule has 0 atom stereocenters. The molecule has 6 nitrogen and oxygen atoms in total. The van der Waals surface area contributed by atoms with Gasteiger partial charge in [0.15, 0.2) is 0 Å². The molecule has 0 spiro atoms. The lowest BCUT2D eigenvalue weighted by molar-refractivity contribution is 0.0722. The van der Waals surface area contributed by atoms with Gasteiger partial charge in [0.25, 0.3) is 10.0 Å². The fourth-order valence-electron chi connectivity index (χ4n) is 1.92. The number of nitriles is 1. The minimum absolute atomic E-state index is 0.235. The van der Waals surface area contributed by atoms with Crippen molar-refractivity contribution in [1.29, 1.82) is 5.26 Å². The van der Waals surface area contributed by atoms with Crippen molar-refractivity contribution >= 4 is 21.4 Å². The van der Waals surface area contributed by atoms with E-state index < -0.39 is 10.0 Å². The van der Waals surface area contributed by atoms with Gasteiger partial charge in [0.1, 0.15) is 10.3 Å². The number of aromatic nitrogens is 1. The molecule has 3 heterocycles. The monoisotopic (exact) mass is 321 g/mol. The van der Waals surface area contributed by atoms with E-state index >= 15 is 0 Å². The number of thiophene rings is 1. The van der Waals surface area contributed by atoms with Crippen molar-refractivity contribution < 1.29 is 13.2 Å². The number of hydrogen-bond acceptors (Lipinski definition) is 6. The normalized spacial score (nSPS) is 16.1. The Labute approximate surface area is 126 Å². The molecule has 0 saturated carbocycles. The molecule has 8 heteroatoms. The fraction of sp³-hybridized carbons (Fsp3) is 0.231. The Balaban J connectivity index is 1.63. The van der Waals surface area contributed by atoms with Crippen LogP contribution in [0.3, 0.4) is 0 Å². The summed E-state index contributed by atoms with van der Waals surface area (Å²) < 4.78 is 31.7. The van der Waals surface area contributed by atoms with E-state index in [1.807, 2.05) is 6.07 Å². The van der Waals surface area contributed by atoms with Crippen LogP contribution in [0.2, 0.25) is 0 Å². The Kier molecular flexibility index (Phi) is 3.63. The van der Waals surface area contributed by atoms with E-state index in [4.69, 9.17) is 10.00 Å². The summed E-state index contributed by atoms with van der Waals surface area (Å²) in [5.74, 6) is 0.340. The van der Waals surface area contributed by atoms with Gasteiger partial charge in [-0.3, -0.25) is 0 Å². The van der Waals surface area contributed by atoms with Crippen molar-refractivity contribution in [2.75, 3.05) is 13.1 Å². The van der Waals surface area contributed by atoms with Gasteiger partial charge < -0.3 is 4.74 Å². The third kappa shape index (κ3) is 2.76. The number of nitrogens with zero attached hydrogens (tertiary/aromatic N) is 3. The van der Waals surface area contributed by atoms with Crippen LogP contribution < -0.4 is 4.74 Å². The highest BCUT2D eigenvalue weighted by atomic mass is 32.2.